The molecule has 18 heavy (non-hydrogen) atoms. The van der Waals surface area contributed by atoms with Gasteiger partial charge in [0.1, 0.15) is 6.10 Å². The Bertz CT molecular complexity index is 367. The Morgan fingerprint density at radius 2 is 1.94 bits per heavy atom. The summed E-state index contributed by atoms with van der Waals surface area (Å²) >= 11 is 0. The lowest BCUT2D eigenvalue weighted by Crippen LogP contribution is -2.32. The maximum atomic E-state index is 9.64. The predicted octanol–water partition coefficient (Wildman–Crippen LogP) is 1.31. The zero-order chi connectivity index (χ0) is 13.1. The van der Waals surface area contributed by atoms with E-state index in [4.69, 9.17) is 9.47 Å². The van der Waals surface area contributed by atoms with Gasteiger partial charge in [-0.3, -0.25) is 0 Å². The number of aliphatic hydroxyl groups excluding tert-OH is 2. The van der Waals surface area contributed by atoms with Crippen LogP contribution in [0.2, 0.25) is 0 Å². The van der Waals surface area contributed by atoms with Crippen molar-refractivity contribution >= 4 is 0 Å². The fourth-order valence-corrected chi connectivity index (χ4v) is 2.25. The summed E-state index contributed by atoms with van der Waals surface area (Å²) in [5.74, 6) is -0.134. The number of hydrogen-bond donors (Lipinski definition) is 2. The van der Waals surface area contributed by atoms with Gasteiger partial charge in [0.25, 0.3) is 0 Å². The first-order chi connectivity index (χ1) is 8.59. The Labute approximate surface area is 107 Å². The molecular formula is C14H20O4. The first kappa shape index (κ1) is 13.5. The molecule has 4 nitrogen and oxygen atoms in total. The molecule has 0 saturated carbocycles. The van der Waals surface area contributed by atoms with Crippen LogP contribution in [0.15, 0.2) is 30.3 Å². The minimum Gasteiger partial charge on any atom is -0.387 e. The van der Waals surface area contributed by atoms with Gasteiger partial charge in [0, 0.05) is 5.92 Å². The molecule has 0 aromatic heterocycles. The van der Waals surface area contributed by atoms with Gasteiger partial charge in [0.15, 0.2) is 6.29 Å². The van der Waals surface area contributed by atoms with Crippen molar-refractivity contribution in [3.63, 3.8) is 0 Å². The standard InChI is InChI=1S/C14H20O4/c1-9-12(15)14(16)18-13(9)10(2)17-8-11-6-4-3-5-7-11/h3-7,9-10,12-16H,8H2,1-2H3/t9-,10+,12+,13-,14+/m1/s1. The summed E-state index contributed by atoms with van der Waals surface area (Å²) in [5.41, 5.74) is 1.09. The Kier molecular flexibility index (Phi) is 4.35. The van der Waals surface area contributed by atoms with E-state index in [0.29, 0.717) is 6.61 Å². The highest BCUT2D eigenvalue weighted by atomic mass is 16.6. The molecule has 5 atom stereocenters. The van der Waals surface area contributed by atoms with Gasteiger partial charge in [0.2, 0.25) is 0 Å². The molecule has 1 aromatic rings. The minimum absolute atomic E-state index is 0.134. The van der Waals surface area contributed by atoms with Crippen molar-refractivity contribution in [2.24, 2.45) is 5.92 Å². The molecule has 1 saturated heterocycles. The summed E-state index contributed by atoms with van der Waals surface area (Å²) in [4.78, 5) is 0. The topological polar surface area (TPSA) is 58.9 Å². The normalized spacial score (nSPS) is 33.6. The smallest absolute Gasteiger partial charge is 0.181 e. The lowest BCUT2D eigenvalue weighted by atomic mass is 9.97. The summed E-state index contributed by atoms with van der Waals surface area (Å²) in [6, 6.07) is 9.88. The zero-order valence-corrected chi connectivity index (χ0v) is 10.7. The number of benzene rings is 1. The molecule has 0 aliphatic carbocycles. The summed E-state index contributed by atoms with van der Waals surface area (Å²) in [6.45, 7) is 4.25. The largest absolute Gasteiger partial charge is 0.387 e. The second-order valence-corrected chi connectivity index (χ2v) is 4.84. The summed E-state index contributed by atoms with van der Waals surface area (Å²) in [7, 11) is 0. The van der Waals surface area contributed by atoms with E-state index < -0.39 is 12.4 Å². The molecule has 0 spiro atoms. The SMILES string of the molecule is C[C@@H]1[C@H](O)[C@@H](O)O[C@H]1[C@H](C)OCc1ccccc1. The van der Waals surface area contributed by atoms with Crippen LogP contribution in [0.4, 0.5) is 0 Å². The molecule has 1 aliphatic rings. The van der Waals surface area contributed by atoms with E-state index >= 15 is 0 Å². The maximum Gasteiger partial charge on any atom is 0.181 e. The van der Waals surface area contributed by atoms with Gasteiger partial charge in [-0.05, 0) is 12.5 Å². The highest BCUT2D eigenvalue weighted by molar-refractivity contribution is 5.13. The summed E-state index contributed by atoms with van der Waals surface area (Å²) < 4.78 is 11.0. The summed E-state index contributed by atoms with van der Waals surface area (Å²) in [5, 5.41) is 19.1. The predicted molar refractivity (Wildman–Crippen MR) is 66.7 cm³/mol. The third-order valence-electron chi connectivity index (χ3n) is 3.46. The molecule has 1 aromatic carbocycles. The van der Waals surface area contributed by atoms with E-state index in [1.165, 1.54) is 0 Å². The van der Waals surface area contributed by atoms with E-state index in [0.717, 1.165) is 5.56 Å². The van der Waals surface area contributed by atoms with Crippen molar-refractivity contribution in [3.8, 4) is 0 Å². The molecule has 0 unspecified atom stereocenters. The molecule has 100 valence electrons. The van der Waals surface area contributed by atoms with Crippen LogP contribution in [-0.2, 0) is 16.1 Å². The zero-order valence-electron chi connectivity index (χ0n) is 10.7. The molecule has 2 N–H and O–H groups in total. The van der Waals surface area contributed by atoms with Crippen molar-refractivity contribution in [2.45, 2.75) is 45.1 Å². The quantitative estimate of drug-likeness (QED) is 0.848. The van der Waals surface area contributed by atoms with Gasteiger partial charge in [-0.2, -0.15) is 0 Å². The van der Waals surface area contributed by atoms with Crippen molar-refractivity contribution < 1.29 is 19.7 Å². The molecular weight excluding hydrogens is 232 g/mol. The minimum atomic E-state index is -1.10. The molecule has 1 aliphatic heterocycles. The number of ether oxygens (including phenoxy) is 2. The molecule has 0 bridgehead atoms. The van der Waals surface area contributed by atoms with E-state index in [2.05, 4.69) is 0 Å². The van der Waals surface area contributed by atoms with Crippen molar-refractivity contribution in [2.75, 3.05) is 0 Å². The van der Waals surface area contributed by atoms with Gasteiger partial charge in [-0.25, -0.2) is 0 Å². The van der Waals surface area contributed by atoms with Crippen molar-refractivity contribution in [1.82, 2.24) is 0 Å². The molecule has 1 fully saturated rings. The van der Waals surface area contributed by atoms with Crippen molar-refractivity contribution in [1.29, 1.82) is 0 Å². The Balaban J connectivity index is 1.87. The van der Waals surface area contributed by atoms with Crippen molar-refractivity contribution in [3.05, 3.63) is 35.9 Å². The van der Waals surface area contributed by atoms with Crippen LogP contribution >= 0.6 is 0 Å². The van der Waals surface area contributed by atoms with E-state index in [9.17, 15) is 10.2 Å². The third-order valence-corrected chi connectivity index (χ3v) is 3.46. The molecule has 0 radical (unpaired) electrons. The van der Waals surface area contributed by atoms with Crippen LogP contribution in [0.3, 0.4) is 0 Å². The van der Waals surface area contributed by atoms with Crippen LogP contribution < -0.4 is 0 Å². The van der Waals surface area contributed by atoms with E-state index in [-0.39, 0.29) is 18.1 Å². The third kappa shape index (κ3) is 2.90. The number of rotatable bonds is 4. The molecule has 0 amide bonds. The Morgan fingerprint density at radius 1 is 1.28 bits per heavy atom. The maximum absolute atomic E-state index is 9.64. The Morgan fingerprint density at radius 3 is 2.50 bits per heavy atom. The van der Waals surface area contributed by atoms with Gasteiger partial charge < -0.3 is 19.7 Å². The lowest BCUT2D eigenvalue weighted by molar-refractivity contribution is -0.152. The average Bonchev–Trinajstić information content (AvgIpc) is 2.65. The van der Waals surface area contributed by atoms with E-state index in [1.807, 2.05) is 44.2 Å². The Hall–Kier alpha value is -0.940. The highest BCUT2D eigenvalue weighted by Crippen LogP contribution is 2.29. The highest BCUT2D eigenvalue weighted by Gasteiger charge is 2.42. The molecule has 1 heterocycles. The number of aliphatic hydroxyl groups is 2. The molecule has 2 rings (SSSR count). The first-order valence-corrected chi connectivity index (χ1v) is 6.26. The monoisotopic (exact) mass is 252 g/mol. The van der Waals surface area contributed by atoms with E-state index in [1.54, 1.807) is 0 Å². The van der Waals surface area contributed by atoms with Crippen LogP contribution in [-0.4, -0.2) is 34.8 Å². The second-order valence-electron chi connectivity index (χ2n) is 4.84. The summed E-state index contributed by atoms with van der Waals surface area (Å²) in [6.07, 6.45) is -2.39. The van der Waals surface area contributed by atoms with Crippen LogP contribution in [0, 0.1) is 5.92 Å². The first-order valence-electron chi connectivity index (χ1n) is 6.26. The average molecular weight is 252 g/mol. The van der Waals surface area contributed by atoms with Crippen LogP contribution in [0.5, 0.6) is 0 Å². The van der Waals surface area contributed by atoms with Gasteiger partial charge in [-0.1, -0.05) is 37.3 Å². The van der Waals surface area contributed by atoms with Crippen LogP contribution in [0.1, 0.15) is 19.4 Å². The van der Waals surface area contributed by atoms with Gasteiger partial charge in [-0.15, -0.1) is 0 Å². The van der Waals surface area contributed by atoms with Gasteiger partial charge in [0.05, 0.1) is 18.8 Å². The lowest BCUT2D eigenvalue weighted by Gasteiger charge is -2.23. The fraction of sp³-hybridized carbons (Fsp3) is 0.571. The van der Waals surface area contributed by atoms with Crippen LogP contribution in [0.25, 0.3) is 0 Å². The fourth-order valence-electron chi connectivity index (χ4n) is 2.25. The number of hydrogen-bond acceptors (Lipinski definition) is 4. The molecule has 4 heteroatoms. The second kappa shape index (κ2) is 5.80. The van der Waals surface area contributed by atoms with Gasteiger partial charge >= 0.3 is 0 Å².